The zero-order valence-electron chi connectivity index (χ0n) is 7.30. The summed E-state index contributed by atoms with van der Waals surface area (Å²) in [5.41, 5.74) is 0.0566. The number of hydrogen-bond acceptors (Lipinski definition) is 2. The number of aldehydes is 1. The first-order valence-electron chi connectivity index (χ1n) is 4.02. The minimum Gasteiger partial charge on any atom is -0.298 e. The van der Waals surface area contributed by atoms with Crippen molar-refractivity contribution in [2.24, 2.45) is 0 Å². The zero-order chi connectivity index (χ0) is 11.0. The van der Waals surface area contributed by atoms with Crippen LogP contribution in [-0.4, -0.2) is 11.3 Å². The lowest BCUT2D eigenvalue weighted by molar-refractivity contribution is 0.112. The normalized spacial score (nSPS) is 10.6. The fourth-order valence-electron chi connectivity index (χ4n) is 1.29. The summed E-state index contributed by atoms with van der Waals surface area (Å²) in [6.45, 7) is 0. The van der Waals surface area contributed by atoms with Crippen molar-refractivity contribution in [3.63, 3.8) is 0 Å². The zero-order valence-corrected chi connectivity index (χ0v) is 8.05. The first-order valence-corrected chi connectivity index (χ1v) is 4.40. The molecule has 0 unspecified atom stereocenters. The van der Waals surface area contributed by atoms with E-state index in [9.17, 15) is 13.6 Å². The molecule has 0 aliphatic carbocycles. The van der Waals surface area contributed by atoms with Crippen LogP contribution in [0.4, 0.5) is 8.78 Å². The van der Waals surface area contributed by atoms with E-state index in [-0.39, 0.29) is 21.6 Å². The Morgan fingerprint density at radius 2 is 2.00 bits per heavy atom. The average Bonchev–Trinajstić information content (AvgIpc) is 2.18. The van der Waals surface area contributed by atoms with Crippen LogP contribution in [0.2, 0.25) is 5.15 Å². The van der Waals surface area contributed by atoms with Crippen LogP contribution in [0.15, 0.2) is 18.2 Å². The van der Waals surface area contributed by atoms with Crippen LogP contribution in [-0.2, 0) is 0 Å². The summed E-state index contributed by atoms with van der Waals surface area (Å²) in [6.07, 6.45) is 0.484. The number of halogens is 3. The lowest BCUT2D eigenvalue weighted by atomic mass is 10.1. The van der Waals surface area contributed by atoms with Gasteiger partial charge in [-0.15, -0.1) is 0 Å². The van der Waals surface area contributed by atoms with Crippen LogP contribution in [0.3, 0.4) is 0 Å². The van der Waals surface area contributed by atoms with E-state index in [2.05, 4.69) is 4.98 Å². The van der Waals surface area contributed by atoms with Crippen molar-refractivity contribution < 1.29 is 13.6 Å². The topological polar surface area (TPSA) is 30.0 Å². The van der Waals surface area contributed by atoms with Gasteiger partial charge in [0.15, 0.2) is 12.1 Å². The van der Waals surface area contributed by atoms with Crippen molar-refractivity contribution >= 4 is 28.8 Å². The maximum atomic E-state index is 13.2. The van der Waals surface area contributed by atoms with Crippen LogP contribution >= 0.6 is 11.6 Å². The molecule has 0 saturated heterocycles. The second-order valence-corrected chi connectivity index (χ2v) is 3.30. The molecule has 0 fully saturated rings. The molecule has 76 valence electrons. The van der Waals surface area contributed by atoms with Gasteiger partial charge in [0, 0.05) is 11.5 Å². The molecule has 0 atom stereocenters. The number of pyridine rings is 1. The Morgan fingerprint density at radius 1 is 1.27 bits per heavy atom. The Bertz CT molecular complexity index is 557. The fraction of sp³-hybridized carbons (Fsp3) is 0. The molecule has 0 spiro atoms. The van der Waals surface area contributed by atoms with Crippen LogP contribution in [0, 0.1) is 11.6 Å². The van der Waals surface area contributed by atoms with Gasteiger partial charge in [0.25, 0.3) is 0 Å². The second kappa shape index (κ2) is 3.55. The molecule has 2 aromatic rings. The first kappa shape index (κ1) is 9.98. The van der Waals surface area contributed by atoms with E-state index in [0.717, 1.165) is 6.07 Å². The third-order valence-electron chi connectivity index (χ3n) is 1.94. The summed E-state index contributed by atoms with van der Waals surface area (Å²) in [6, 6.07) is 3.10. The Hall–Kier alpha value is -1.55. The summed E-state index contributed by atoms with van der Waals surface area (Å²) in [4.78, 5) is 14.2. The minimum absolute atomic E-state index is 0.0491. The fourth-order valence-corrected chi connectivity index (χ4v) is 1.47. The van der Waals surface area contributed by atoms with E-state index in [1.165, 1.54) is 6.07 Å². The number of rotatable bonds is 1. The van der Waals surface area contributed by atoms with E-state index in [1.54, 1.807) is 0 Å². The predicted octanol–water partition coefficient (Wildman–Crippen LogP) is 2.98. The van der Waals surface area contributed by atoms with Crippen LogP contribution in [0.1, 0.15) is 10.4 Å². The summed E-state index contributed by atoms with van der Waals surface area (Å²) in [5, 5.41) is 0.113. The molecule has 0 saturated carbocycles. The number of carbonyl (C=O) groups excluding carboxylic acids is 1. The highest BCUT2D eigenvalue weighted by atomic mass is 35.5. The predicted molar refractivity (Wildman–Crippen MR) is 52.1 cm³/mol. The smallest absolute Gasteiger partial charge is 0.153 e. The number of fused-ring (bicyclic) bond motifs is 1. The monoisotopic (exact) mass is 227 g/mol. The number of hydrogen-bond donors (Lipinski definition) is 0. The highest BCUT2D eigenvalue weighted by Gasteiger charge is 2.09. The average molecular weight is 228 g/mol. The Balaban J connectivity index is 2.87. The van der Waals surface area contributed by atoms with Gasteiger partial charge in [-0.3, -0.25) is 4.79 Å². The maximum Gasteiger partial charge on any atom is 0.153 e. The largest absolute Gasteiger partial charge is 0.298 e. The molecule has 0 aliphatic heterocycles. The van der Waals surface area contributed by atoms with Crippen molar-refractivity contribution in [2.45, 2.75) is 0 Å². The van der Waals surface area contributed by atoms with Crippen molar-refractivity contribution in [2.75, 3.05) is 0 Å². The van der Waals surface area contributed by atoms with Gasteiger partial charge in [-0.05, 0) is 12.1 Å². The van der Waals surface area contributed by atoms with Crippen molar-refractivity contribution in [1.82, 2.24) is 4.98 Å². The molecule has 0 aliphatic rings. The Morgan fingerprint density at radius 3 is 2.67 bits per heavy atom. The van der Waals surface area contributed by atoms with Crippen molar-refractivity contribution in [3.05, 3.63) is 40.6 Å². The highest BCUT2D eigenvalue weighted by Crippen LogP contribution is 2.22. The van der Waals surface area contributed by atoms with E-state index in [1.807, 2.05) is 0 Å². The lowest BCUT2D eigenvalue weighted by Gasteiger charge is -2.01. The van der Waals surface area contributed by atoms with Crippen molar-refractivity contribution in [1.29, 1.82) is 0 Å². The molecule has 15 heavy (non-hydrogen) atoms. The second-order valence-electron chi connectivity index (χ2n) is 2.95. The Kier molecular flexibility index (Phi) is 2.36. The van der Waals surface area contributed by atoms with Crippen LogP contribution < -0.4 is 0 Å². The number of nitrogens with zero attached hydrogens (tertiary/aromatic N) is 1. The van der Waals surface area contributed by atoms with Gasteiger partial charge >= 0.3 is 0 Å². The van der Waals surface area contributed by atoms with Crippen molar-refractivity contribution in [3.8, 4) is 0 Å². The van der Waals surface area contributed by atoms with Crippen LogP contribution in [0.5, 0.6) is 0 Å². The molecule has 2 nitrogen and oxygen atoms in total. The third-order valence-corrected chi connectivity index (χ3v) is 2.25. The quantitative estimate of drug-likeness (QED) is 0.554. The van der Waals surface area contributed by atoms with E-state index >= 15 is 0 Å². The molecule has 0 bridgehead atoms. The van der Waals surface area contributed by atoms with Gasteiger partial charge < -0.3 is 0 Å². The third kappa shape index (κ3) is 1.68. The summed E-state index contributed by atoms with van der Waals surface area (Å²) in [5.74, 6) is -1.52. The molecule has 0 amide bonds. The summed E-state index contributed by atoms with van der Waals surface area (Å²) >= 11 is 5.61. The molecule has 0 N–H and O–H groups in total. The highest BCUT2D eigenvalue weighted by molar-refractivity contribution is 6.32. The van der Waals surface area contributed by atoms with Gasteiger partial charge in [0.05, 0.1) is 5.56 Å². The molecule has 5 heteroatoms. The SMILES string of the molecule is O=Cc1cc2cc(F)cc(F)c2nc1Cl. The summed E-state index contributed by atoms with van der Waals surface area (Å²) in [7, 11) is 0. The number of benzene rings is 1. The van der Waals surface area contributed by atoms with Gasteiger partial charge in [-0.1, -0.05) is 11.6 Å². The van der Waals surface area contributed by atoms with Gasteiger partial charge in [-0.25, -0.2) is 13.8 Å². The molecular formula is C10H4ClF2NO. The Labute approximate surface area is 88.5 Å². The van der Waals surface area contributed by atoms with E-state index < -0.39 is 11.6 Å². The minimum atomic E-state index is -0.802. The number of carbonyl (C=O) groups is 1. The molecule has 1 heterocycles. The summed E-state index contributed by atoms with van der Waals surface area (Å²) < 4.78 is 26.1. The maximum absolute atomic E-state index is 13.2. The molecule has 1 aromatic carbocycles. The van der Waals surface area contributed by atoms with Crippen LogP contribution in [0.25, 0.3) is 10.9 Å². The lowest BCUT2D eigenvalue weighted by Crippen LogP contribution is -1.92. The molecule has 0 radical (unpaired) electrons. The molecule has 1 aromatic heterocycles. The van der Waals surface area contributed by atoms with E-state index in [0.29, 0.717) is 12.4 Å². The standard InChI is InChI=1S/C10H4ClF2NO/c11-10-6(4-15)1-5-2-7(12)3-8(13)9(5)14-10/h1-4H. The molecule has 2 rings (SSSR count). The van der Waals surface area contributed by atoms with Gasteiger partial charge in [0.2, 0.25) is 0 Å². The van der Waals surface area contributed by atoms with Gasteiger partial charge in [0.1, 0.15) is 16.5 Å². The number of aromatic nitrogens is 1. The first-order chi connectivity index (χ1) is 7.11. The van der Waals surface area contributed by atoms with Gasteiger partial charge in [-0.2, -0.15) is 0 Å². The molecular weight excluding hydrogens is 224 g/mol. The van der Waals surface area contributed by atoms with E-state index in [4.69, 9.17) is 11.6 Å².